The molecule has 2 aromatic rings. The molecule has 0 aliphatic heterocycles. The summed E-state index contributed by atoms with van der Waals surface area (Å²) in [4.78, 5) is 12.0. The van der Waals surface area contributed by atoms with Gasteiger partial charge in [-0.05, 0) is 18.2 Å². The quantitative estimate of drug-likeness (QED) is 0.889. The zero-order valence-electron chi connectivity index (χ0n) is 11.8. The fourth-order valence-corrected chi connectivity index (χ4v) is 2.64. The van der Waals surface area contributed by atoms with Crippen LogP contribution in [-0.4, -0.2) is 30.3 Å². The van der Waals surface area contributed by atoms with Crippen LogP contribution >= 0.6 is 0 Å². The summed E-state index contributed by atoms with van der Waals surface area (Å²) in [7, 11) is -3.49. The lowest BCUT2D eigenvalue weighted by atomic mass is 10.2. The number of aromatic amines is 1. The van der Waals surface area contributed by atoms with E-state index in [1.165, 1.54) is 25.1 Å². The average Bonchev–Trinajstić information content (AvgIpc) is 2.96. The van der Waals surface area contributed by atoms with Gasteiger partial charge in [0.25, 0.3) is 5.91 Å². The van der Waals surface area contributed by atoms with Crippen LogP contribution in [0.15, 0.2) is 35.2 Å². The van der Waals surface area contributed by atoms with E-state index in [2.05, 4.69) is 10.4 Å². The maximum absolute atomic E-state index is 12.4. The molecular formula is C13H12F3N3O3S. The van der Waals surface area contributed by atoms with E-state index < -0.39 is 27.6 Å². The molecule has 2 rings (SSSR count). The standard InChI is InChI=1S/C13H12F3N3O3S/c1-2-23(21,22)9-5-3-4-8(6-9)12(20)17-11-7-10(18-19-11)13(14,15)16/h3-7H,2H2,1H3,(H2,17,18,19,20). The molecule has 1 aromatic carbocycles. The van der Waals surface area contributed by atoms with Crippen LogP contribution < -0.4 is 5.32 Å². The highest BCUT2D eigenvalue weighted by molar-refractivity contribution is 7.91. The van der Waals surface area contributed by atoms with Crippen molar-refractivity contribution in [2.75, 3.05) is 11.1 Å². The molecule has 2 N–H and O–H groups in total. The van der Waals surface area contributed by atoms with E-state index in [1.54, 1.807) is 5.10 Å². The Balaban J connectivity index is 2.22. The fourth-order valence-electron chi connectivity index (χ4n) is 1.72. The Morgan fingerprint density at radius 1 is 1.30 bits per heavy atom. The first-order chi connectivity index (χ1) is 10.6. The number of anilines is 1. The smallest absolute Gasteiger partial charge is 0.305 e. The number of sulfone groups is 1. The number of hydrogen-bond donors (Lipinski definition) is 2. The maximum Gasteiger partial charge on any atom is 0.432 e. The number of nitrogens with zero attached hydrogens (tertiary/aromatic N) is 1. The third-order valence-electron chi connectivity index (χ3n) is 2.96. The minimum absolute atomic E-state index is 0.00363. The van der Waals surface area contributed by atoms with Crippen LogP contribution in [0, 0.1) is 0 Å². The predicted octanol–water partition coefficient (Wildman–Crippen LogP) is 2.47. The van der Waals surface area contributed by atoms with Gasteiger partial charge in [-0.1, -0.05) is 13.0 Å². The van der Waals surface area contributed by atoms with Crippen molar-refractivity contribution in [3.63, 3.8) is 0 Å². The molecule has 0 bridgehead atoms. The van der Waals surface area contributed by atoms with Crippen molar-refractivity contribution in [2.45, 2.75) is 18.0 Å². The van der Waals surface area contributed by atoms with E-state index >= 15 is 0 Å². The molecule has 0 unspecified atom stereocenters. The van der Waals surface area contributed by atoms with Crippen LogP contribution in [0.2, 0.25) is 0 Å². The minimum Gasteiger partial charge on any atom is -0.305 e. The first-order valence-electron chi connectivity index (χ1n) is 6.40. The summed E-state index contributed by atoms with van der Waals surface area (Å²) in [6.07, 6.45) is -4.61. The van der Waals surface area contributed by atoms with Crippen molar-refractivity contribution in [3.8, 4) is 0 Å². The molecule has 0 spiro atoms. The van der Waals surface area contributed by atoms with Crippen molar-refractivity contribution < 1.29 is 26.4 Å². The molecule has 0 radical (unpaired) electrons. The van der Waals surface area contributed by atoms with Gasteiger partial charge in [-0.15, -0.1) is 0 Å². The van der Waals surface area contributed by atoms with Gasteiger partial charge in [0.05, 0.1) is 10.6 Å². The van der Waals surface area contributed by atoms with Gasteiger partial charge in [-0.25, -0.2) is 8.42 Å². The van der Waals surface area contributed by atoms with E-state index in [4.69, 9.17) is 0 Å². The summed E-state index contributed by atoms with van der Waals surface area (Å²) < 4.78 is 60.8. The van der Waals surface area contributed by atoms with E-state index in [9.17, 15) is 26.4 Å². The number of carbonyl (C=O) groups is 1. The summed E-state index contributed by atoms with van der Waals surface area (Å²) in [6.45, 7) is 1.46. The topological polar surface area (TPSA) is 91.9 Å². The highest BCUT2D eigenvalue weighted by atomic mass is 32.2. The number of halogens is 3. The van der Waals surface area contributed by atoms with Gasteiger partial charge < -0.3 is 5.32 Å². The van der Waals surface area contributed by atoms with Gasteiger partial charge in [0.2, 0.25) is 0 Å². The van der Waals surface area contributed by atoms with Crippen molar-refractivity contribution in [1.29, 1.82) is 0 Å². The van der Waals surface area contributed by atoms with E-state index in [-0.39, 0.29) is 22.0 Å². The van der Waals surface area contributed by atoms with Crippen LogP contribution in [0.1, 0.15) is 23.0 Å². The van der Waals surface area contributed by atoms with Crippen LogP contribution in [0.4, 0.5) is 19.0 Å². The van der Waals surface area contributed by atoms with Crippen LogP contribution in [0.25, 0.3) is 0 Å². The molecule has 0 fully saturated rings. The number of benzene rings is 1. The molecule has 1 heterocycles. The Kier molecular flexibility index (Phi) is 4.46. The van der Waals surface area contributed by atoms with Gasteiger partial charge >= 0.3 is 6.18 Å². The van der Waals surface area contributed by atoms with Crippen LogP contribution in [-0.2, 0) is 16.0 Å². The molecule has 1 amide bonds. The first-order valence-corrected chi connectivity index (χ1v) is 8.05. The Morgan fingerprint density at radius 2 is 2.00 bits per heavy atom. The van der Waals surface area contributed by atoms with Gasteiger partial charge in [-0.2, -0.15) is 18.3 Å². The Morgan fingerprint density at radius 3 is 2.57 bits per heavy atom. The SMILES string of the molecule is CCS(=O)(=O)c1cccc(C(=O)Nc2cc(C(F)(F)F)[nH]n2)c1. The lowest BCUT2D eigenvalue weighted by Gasteiger charge is -2.05. The maximum atomic E-state index is 12.4. The number of amides is 1. The highest BCUT2D eigenvalue weighted by Gasteiger charge is 2.33. The summed E-state index contributed by atoms with van der Waals surface area (Å²) >= 11 is 0. The second-order valence-electron chi connectivity index (χ2n) is 4.55. The van der Waals surface area contributed by atoms with Crippen molar-refractivity contribution >= 4 is 21.6 Å². The molecule has 0 atom stereocenters. The Bertz CT molecular complexity index is 828. The summed E-state index contributed by atoms with van der Waals surface area (Å²) in [5, 5.41) is 7.27. The van der Waals surface area contributed by atoms with Crippen molar-refractivity contribution in [3.05, 3.63) is 41.6 Å². The van der Waals surface area contributed by atoms with E-state index in [1.807, 2.05) is 0 Å². The highest BCUT2D eigenvalue weighted by Crippen LogP contribution is 2.28. The zero-order valence-corrected chi connectivity index (χ0v) is 12.6. The summed E-state index contributed by atoms with van der Waals surface area (Å²) in [5.41, 5.74) is -1.11. The van der Waals surface area contributed by atoms with E-state index in [0.29, 0.717) is 6.07 Å². The molecule has 0 saturated carbocycles. The van der Waals surface area contributed by atoms with Crippen LogP contribution in [0.3, 0.4) is 0 Å². The Hall–Kier alpha value is -2.36. The van der Waals surface area contributed by atoms with Gasteiger partial charge in [-0.3, -0.25) is 9.89 Å². The van der Waals surface area contributed by atoms with Gasteiger partial charge in [0.15, 0.2) is 15.7 Å². The number of rotatable bonds is 4. The van der Waals surface area contributed by atoms with Crippen LogP contribution in [0.5, 0.6) is 0 Å². The molecule has 6 nitrogen and oxygen atoms in total. The van der Waals surface area contributed by atoms with Gasteiger partial charge in [0, 0.05) is 11.6 Å². The second kappa shape index (κ2) is 6.03. The molecular weight excluding hydrogens is 335 g/mol. The number of carbonyl (C=O) groups excluding carboxylic acids is 1. The molecule has 10 heteroatoms. The molecule has 0 saturated heterocycles. The number of nitrogens with one attached hydrogen (secondary N) is 2. The Labute approximate surface area is 129 Å². The van der Waals surface area contributed by atoms with E-state index in [0.717, 1.165) is 6.07 Å². The van der Waals surface area contributed by atoms with Crippen molar-refractivity contribution in [1.82, 2.24) is 10.2 Å². The number of H-pyrrole nitrogens is 1. The molecule has 124 valence electrons. The number of aromatic nitrogens is 2. The summed E-state index contributed by atoms with van der Waals surface area (Å²) in [6, 6.07) is 5.87. The lowest BCUT2D eigenvalue weighted by Crippen LogP contribution is -2.13. The third-order valence-corrected chi connectivity index (χ3v) is 4.69. The second-order valence-corrected chi connectivity index (χ2v) is 6.83. The minimum atomic E-state index is -4.61. The number of hydrogen-bond acceptors (Lipinski definition) is 4. The monoisotopic (exact) mass is 347 g/mol. The lowest BCUT2D eigenvalue weighted by molar-refractivity contribution is -0.141. The zero-order chi connectivity index (χ0) is 17.3. The molecule has 1 aromatic heterocycles. The average molecular weight is 347 g/mol. The predicted molar refractivity (Wildman–Crippen MR) is 75.7 cm³/mol. The number of alkyl halides is 3. The first kappa shape index (κ1) is 17.0. The molecule has 23 heavy (non-hydrogen) atoms. The largest absolute Gasteiger partial charge is 0.432 e. The van der Waals surface area contributed by atoms with Crippen molar-refractivity contribution in [2.24, 2.45) is 0 Å². The normalized spacial score (nSPS) is 12.2. The third kappa shape index (κ3) is 3.89. The van der Waals surface area contributed by atoms with Gasteiger partial charge in [0.1, 0.15) is 5.69 Å². The fraction of sp³-hybridized carbons (Fsp3) is 0.231. The summed E-state index contributed by atoms with van der Waals surface area (Å²) in [5.74, 6) is -1.21. The molecule has 0 aliphatic rings. The molecule has 0 aliphatic carbocycles.